The number of imidazole rings is 1. The van der Waals surface area contributed by atoms with Crippen LogP contribution in [0.15, 0.2) is 47.6 Å². The summed E-state index contributed by atoms with van der Waals surface area (Å²) in [4.78, 5) is 34.4. The first-order valence-corrected chi connectivity index (χ1v) is 11.7. The van der Waals surface area contributed by atoms with Crippen LogP contribution in [0.5, 0.6) is 0 Å². The molecule has 0 saturated carbocycles. The molecule has 186 valence electrons. The van der Waals surface area contributed by atoms with Crippen LogP contribution >= 0.6 is 27.5 Å². The summed E-state index contributed by atoms with van der Waals surface area (Å²) in [5, 5.41) is 26.5. The van der Waals surface area contributed by atoms with Crippen LogP contribution in [0.3, 0.4) is 0 Å². The lowest BCUT2D eigenvalue weighted by Gasteiger charge is -2.17. The molecule has 1 amide bonds. The van der Waals surface area contributed by atoms with Crippen molar-refractivity contribution in [2.45, 2.75) is 31.1 Å². The van der Waals surface area contributed by atoms with E-state index in [0.29, 0.717) is 32.2 Å². The molecular weight excluding hydrogens is 556 g/mol. The second-order valence-corrected chi connectivity index (χ2v) is 9.08. The van der Waals surface area contributed by atoms with Crippen molar-refractivity contribution in [2.24, 2.45) is 0 Å². The SMILES string of the molecule is [2H]C([2H])([2H])NC(=O)[C@H]1O[C@@H](n2cnc3c(NCc4cccc(Br)n4)nc(-c4cncc(Cl)c4)nc32)[C@H](O)[C@@H]1O. The van der Waals surface area contributed by atoms with Crippen LogP contribution in [-0.2, 0) is 16.1 Å². The Balaban J connectivity index is 1.54. The standard InChI is InChI=1S/C22H20BrClN8O4/c1-25-21(35)17-15(33)16(34)22(36-17)32-9-28-14-19(27-8-12-3-2-4-13(23)29-12)30-18(31-20(14)32)10-5-11(24)7-26-6-10/h2-7,9,15-17,22,33-34H,8H2,1H3,(H,25,35)(H,27,30,31)/t15-,16+,17-,22+/m0/s1/i1D3. The topological polar surface area (TPSA) is 160 Å². The summed E-state index contributed by atoms with van der Waals surface area (Å²) < 4.78 is 29.3. The number of pyridine rings is 2. The smallest absolute Gasteiger partial charge is 0.251 e. The number of carbonyl (C=O) groups excluding carboxylic acids is 1. The lowest BCUT2D eigenvalue weighted by atomic mass is 10.1. The van der Waals surface area contributed by atoms with Crippen molar-refractivity contribution in [3.05, 3.63) is 58.3 Å². The summed E-state index contributed by atoms with van der Waals surface area (Å²) in [6.07, 6.45) is -2.00. The van der Waals surface area contributed by atoms with Crippen LogP contribution < -0.4 is 10.6 Å². The fraction of sp³-hybridized carbons (Fsp3) is 0.273. The van der Waals surface area contributed by atoms with Gasteiger partial charge in [-0.1, -0.05) is 17.7 Å². The summed E-state index contributed by atoms with van der Waals surface area (Å²) in [6.45, 7) is -2.52. The van der Waals surface area contributed by atoms with Crippen molar-refractivity contribution < 1.29 is 23.9 Å². The van der Waals surface area contributed by atoms with Gasteiger partial charge in [-0.25, -0.2) is 19.9 Å². The molecule has 4 N–H and O–H groups in total. The first-order chi connectivity index (χ1) is 18.5. The zero-order valence-corrected chi connectivity index (χ0v) is 20.6. The molecule has 0 unspecified atom stereocenters. The van der Waals surface area contributed by atoms with Gasteiger partial charge in [0.1, 0.15) is 16.8 Å². The summed E-state index contributed by atoms with van der Waals surface area (Å²) >= 11 is 9.47. The number of hydrogen-bond donors (Lipinski definition) is 4. The Hall–Kier alpha value is -3.23. The molecule has 5 heterocycles. The molecule has 14 heteroatoms. The molecular formula is C22H20BrClN8O4. The van der Waals surface area contributed by atoms with Gasteiger partial charge in [0.2, 0.25) is 0 Å². The van der Waals surface area contributed by atoms with E-state index in [2.05, 4.69) is 46.2 Å². The molecule has 0 radical (unpaired) electrons. The Morgan fingerprint density at radius 2 is 2.14 bits per heavy atom. The number of rotatable bonds is 6. The van der Waals surface area contributed by atoms with Crippen LogP contribution in [0.25, 0.3) is 22.6 Å². The Bertz CT molecular complexity index is 1540. The average molecular weight is 579 g/mol. The van der Waals surface area contributed by atoms with Gasteiger partial charge in [-0.3, -0.25) is 14.3 Å². The van der Waals surface area contributed by atoms with Crippen molar-refractivity contribution in [3.8, 4) is 11.4 Å². The van der Waals surface area contributed by atoms with Crippen LogP contribution in [0.1, 0.15) is 16.0 Å². The van der Waals surface area contributed by atoms with Crippen molar-refractivity contribution in [1.82, 2.24) is 34.8 Å². The normalized spacial score (nSPS) is 23.2. The molecule has 0 aromatic carbocycles. The molecule has 4 aromatic heterocycles. The van der Waals surface area contributed by atoms with Crippen LogP contribution in [0.2, 0.25) is 5.02 Å². The number of halogens is 2. The molecule has 12 nitrogen and oxygen atoms in total. The van der Waals surface area contributed by atoms with Gasteiger partial charge < -0.3 is 25.6 Å². The predicted octanol–water partition coefficient (Wildman–Crippen LogP) is 1.68. The molecule has 36 heavy (non-hydrogen) atoms. The van der Waals surface area contributed by atoms with Gasteiger partial charge >= 0.3 is 0 Å². The maximum atomic E-state index is 12.4. The highest BCUT2D eigenvalue weighted by Crippen LogP contribution is 2.33. The van der Waals surface area contributed by atoms with Gasteiger partial charge in [0.25, 0.3) is 5.91 Å². The first-order valence-electron chi connectivity index (χ1n) is 12.0. The van der Waals surface area contributed by atoms with E-state index in [9.17, 15) is 15.0 Å². The maximum absolute atomic E-state index is 12.4. The Morgan fingerprint density at radius 3 is 2.92 bits per heavy atom. The number of hydrogen-bond acceptors (Lipinski definition) is 10. The molecule has 5 rings (SSSR count). The highest BCUT2D eigenvalue weighted by Gasteiger charge is 2.47. The lowest BCUT2D eigenvalue weighted by Crippen LogP contribution is -2.41. The monoisotopic (exact) mass is 577 g/mol. The van der Waals surface area contributed by atoms with Gasteiger partial charge in [0.05, 0.1) is 23.6 Å². The van der Waals surface area contributed by atoms with E-state index < -0.39 is 37.4 Å². The van der Waals surface area contributed by atoms with E-state index in [1.807, 2.05) is 12.1 Å². The second-order valence-electron chi connectivity index (χ2n) is 7.83. The van der Waals surface area contributed by atoms with Gasteiger partial charge in [0.15, 0.2) is 35.1 Å². The fourth-order valence-corrected chi connectivity index (χ4v) is 4.34. The van der Waals surface area contributed by atoms with Gasteiger partial charge in [-0.15, -0.1) is 0 Å². The Kier molecular flexibility index (Phi) is 5.82. The molecule has 4 atom stereocenters. The largest absolute Gasteiger partial charge is 0.387 e. The lowest BCUT2D eigenvalue weighted by molar-refractivity contribution is -0.137. The maximum Gasteiger partial charge on any atom is 0.251 e. The first kappa shape index (κ1) is 20.9. The number of likely N-dealkylation sites (N-methyl/N-ethyl adjacent to an activating group) is 1. The Labute approximate surface area is 222 Å². The summed E-state index contributed by atoms with van der Waals surface area (Å²) in [7, 11) is 0. The van der Waals surface area contributed by atoms with Crippen molar-refractivity contribution in [3.63, 3.8) is 0 Å². The Morgan fingerprint density at radius 1 is 1.28 bits per heavy atom. The summed E-state index contributed by atoms with van der Waals surface area (Å²) in [5.41, 5.74) is 1.69. The number of anilines is 1. The molecule has 0 spiro atoms. The minimum Gasteiger partial charge on any atom is -0.387 e. The molecule has 1 fully saturated rings. The van der Waals surface area contributed by atoms with E-state index in [4.69, 9.17) is 20.5 Å². The number of aliphatic hydroxyl groups is 2. The number of nitrogens with zero attached hydrogens (tertiary/aromatic N) is 6. The molecule has 0 bridgehead atoms. The van der Waals surface area contributed by atoms with E-state index in [0.717, 1.165) is 0 Å². The van der Waals surface area contributed by atoms with E-state index in [1.165, 1.54) is 23.3 Å². The average Bonchev–Trinajstić information content (AvgIpc) is 3.42. The van der Waals surface area contributed by atoms with Crippen molar-refractivity contribution in [2.75, 3.05) is 12.3 Å². The third kappa shape index (κ3) is 4.63. The molecule has 0 aliphatic carbocycles. The van der Waals surface area contributed by atoms with Crippen LogP contribution in [0, 0.1) is 0 Å². The quantitative estimate of drug-likeness (QED) is 0.248. The predicted molar refractivity (Wildman–Crippen MR) is 133 cm³/mol. The summed E-state index contributed by atoms with van der Waals surface area (Å²) in [5.74, 6) is -0.563. The van der Waals surface area contributed by atoms with Gasteiger partial charge in [-0.2, -0.15) is 0 Å². The number of aromatic nitrogens is 6. The van der Waals surface area contributed by atoms with Crippen LogP contribution in [0.4, 0.5) is 5.82 Å². The number of aliphatic hydroxyl groups excluding tert-OH is 2. The number of fused-ring (bicyclic) bond motifs is 1. The van der Waals surface area contributed by atoms with Gasteiger partial charge in [-0.05, 0) is 34.1 Å². The zero-order chi connectivity index (χ0) is 27.9. The van der Waals surface area contributed by atoms with Crippen LogP contribution in [-0.4, -0.2) is 70.9 Å². The molecule has 1 aliphatic rings. The fourth-order valence-electron chi connectivity index (χ4n) is 3.79. The minimum absolute atomic E-state index is 0.192. The molecule has 1 aliphatic heterocycles. The highest BCUT2D eigenvalue weighted by molar-refractivity contribution is 9.10. The molecule has 4 aromatic rings. The van der Waals surface area contributed by atoms with Crippen molar-refractivity contribution >= 4 is 50.4 Å². The second kappa shape index (κ2) is 10.0. The van der Waals surface area contributed by atoms with Gasteiger partial charge in [0, 0.05) is 29.0 Å². The summed E-state index contributed by atoms with van der Waals surface area (Å²) in [6, 6.07) is 7.08. The number of carbonyl (C=O) groups is 1. The van der Waals surface area contributed by atoms with E-state index in [-0.39, 0.29) is 18.0 Å². The number of ether oxygens (including phenoxy) is 1. The number of amides is 1. The third-order valence-corrected chi connectivity index (χ3v) is 6.14. The highest BCUT2D eigenvalue weighted by atomic mass is 79.9. The van der Waals surface area contributed by atoms with Crippen molar-refractivity contribution in [1.29, 1.82) is 0 Å². The minimum atomic E-state index is -2.80. The zero-order valence-electron chi connectivity index (χ0n) is 21.2. The van der Waals surface area contributed by atoms with E-state index >= 15 is 0 Å². The molecule has 1 saturated heterocycles. The van der Waals surface area contributed by atoms with E-state index in [1.54, 1.807) is 17.4 Å². The number of nitrogens with one attached hydrogen (secondary N) is 2. The third-order valence-electron chi connectivity index (χ3n) is 5.49.